The van der Waals surface area contributed by atoms with Crippen molar-refractivity contribution in [3.63, 3.8) is 0 Å². The standard InChI is InChI=1S/C26H25ClN4O5/c1-3-35-16-9-11-23(36-4-2)17(13-16)24-18(14-28)26(29)30(20-6-5-7-22(32)25(20)24)21-12-15(31(33)34)8-10-19(21)27/h8-13,24H,3-7,29H2,1-2H3. The van der Waals surface area contributed by atoms with Gasteiger partial charge in [0, 0.05) is 35.4 Å². The first-order chi connectivity index (χ1) is 17.3. The number of allylic oxidation sites excluding steroid dienone is 3. The van der Waals surface area contributed by atoms with Crippen LogP contribution in [0.3, 0.4) is 0 Å². The number of nitriles is 1. The van der Waals surface area contributed by atoms with Crippen molar-refractivity contribution in [2.45, 2.75) is 39.0 Å². The van der Waals surface area contributed by atoms with Crippen LogP contribution < -0.4 is 20.1 Å². The van der Waals surface area contributed by atoms with Crippen molar-refractivity contribution in [3.05, 3.63) is 79.8 Å². The Morgan fingerprint density at radius 3 is 2.61 bits per heavy atom. The van der Waals surface area contributed by atoms with Crippen molar-refractivity contribution in [1.29, 1.82) is 5.26 Å². The van der Waals surface area contributed by atoms with Gasteiger partial charge in [0.05, 0.1) is 46.4 Å². The fraction of sp³-hybridized carbons (Fsp3) is 0.308. The second-order valence-corrected chi connectivity index (χ2v) is 8.68. The van der Waals surface area contributed by atoms with Crippen LogP contribution in [-0.2, 0) is 4.79 Å². The molecule has 0 bridgehead atoms. The van der Waals surface area contributed by atoms with Crippen molar-refractivity contribution in [2.75, 3.05) is 18.1 Å². The number of nitrogens with two attached hydrogens (primary N) is 1. The molecule has 0 saturated heterocycles. The van der Waals surface area contributed by atoms with E-state index in [1.807, 2.05) is 13.8 Å². The summed E-state index contributed by atoms with van der Waals surface area (Å²) >= 11 is 6.46. The summed E-state index contributed by atoms with van der Waals surface area (Å²) in [6, 6.07) is 11.5. The maximum Gasteiger partial charge on any atom is 0.271 e. The van der Waals surface area contributed by atoms with Crippen molar-refractivity contribution in [2.24, 2.45) is 5.73 Å². The van der Waals surface area contributed by atoms with E-state index in [4.69, 9.17) is 26.8 Å². The number of benzene rings is 2. The molecule has 9 nitrogen and oxygen atoms in total. The Labute approximate surface area is 213 Å². The molecule has 36 heavy (non-hydrogen) atoms. The summed E-state index contributed by atoms with van der Waals surface area (Å²) in [6.45, 7) is 4.53. The number of hydrogen-bond acceptors (Lipinski definition) is 8. The average Bonchev–Trinajstić information content (AvgIpc) is 2.85. The number of carbonyl (C=O) groups excluding carboxylic acids is 1. The molecule has 1 aliphatic carbocycles. The number of nitro groups is 1. The second kappa shape index (κ2) is 10.3. The first kappa shape index (κ1) is 25.1. The smallest absolute Gasteiger partial charge is 0.271 e. The highest BCUT2D eigenvalue weighted by atomic mass is 35.5. The van der Waals surface area contributed by atoms with E-state index in [9.17, 15) is 20.2 Å². The van der Waals surface area contributed by atoms with Gasteiger partial charge >= 0.3 is 0 Å². The molecule has 0 aromatic heterocycles. The molecule has 10 heteroatoms. The van der Waals surface area contributed by atoms with Gasteiger partial charge in [0.1, 0.15) is 17.3 Å². The molecule has 0 amide bonds. The number of Topliss-reactive ketones (excluding diaryl/α,β-unsaturated/α-hetero) is 1. The molecule has 2 N–H and O–H groups in total. The van der Waals surface area contributed by atoms with Crippen LogP contribution in [0.2, 0.25) is 5.02 Å². The van der Waals surface area contributed by atoms with Crippen LogP contribution in [0.5, 0.6) is 11.5 Å². The number of nitrogens with zero attached hydrogens (tertiary/aromatic N) is 3. The van der Waals surface area contributed by atoms with Gasteiger partial charge in [0.25, 0.3) is 5.69 Å². The van der Waals surface area contributed by atoms with E-state index in [1.54, 1.807) is 18.2 Å². The maximum atomic E-state index is 13.4. The number of halogens is 1. The molecule has 1 aliphatic heterocycles. The molecule has 0 fully saturated rings. The van der Waals surface area contributed by atoms with E-state index in [0.717, 1.165) is 0 Å². The summed E-state index contributed by atoms with van der Waals surface area (Å²) < 4.78 is 11.6. The van der Waals surface area contributed by atoms with Gasteiger partial charge < -0.3 is 15.2 Å². The third-order valence-corrected chi connectivity index (χ3v) is 6.52. The highest BCUT2D eigenvalue weighted by Crippen LogP contribution is 2.50. The number of carbonyl (C=O) groups is 1. The minimum Gasteiger partial charge on any atom is -0.494 e. The number of hydrogen-bond donors (Lipinski definition) is 1. The lowest BCUT2D eigenvalue weighted by Gasteiger charge is -2.40. The Morgan fingerprint density at radius 1 is 1.19 bits per heavy atom. The normalized spacial score (nSPS) is 17.6. The van der Waals surface area contributed by atoms with Gasteiger partial charge in [-0.15, -0.1) is 0 Å². The Kier molecular flexibility index (Phi) is 7.17. The minimum absolute atomic E-state index is 0.0580. The molecule has 2 aliphatic rings. The zero-order valence-corrected chi connectivity index (χ0v) is 20.7. The highest BCUT2D eigenvalue weighted by Gasteiger charge is 2.42. The molecular weight excluding hydrogens is 484 g/mol. The van der Waals surface area contributed by atoms with E-state index < -0.39 is 10.8 Å². The maximum absolute atomic E-state index is 13.4. The van der Waals surface area contributed by atoms with Gasteiger partial charge in [-0.25, -0.2) is 0 Å². The van der Waals surface area contributed by atoms with Crippen LogP contribution >= 0.6 is 11.6 Å². The summed E-state index contributed by atoms with van der Waals surface area (Å²) in [5.74, 6) is 0.230. The lowest BCUT2D eigenvalue weighted by molar-refractivity contribution is -0.384. The topological polar surface area (TPSA) is 132 Å². The van der Waals surface area contributed by atoms with Gasteiger partial charge in [0.2, 0.25) is 0 Å². The van der Waals surface area contributed by atoms with Gasteiger partial charge in [-0.05, 0) is 51.0 Å². The number of ether oxygens (including phenoxy) is 2. The van der Waals surface area contributed by atoms with Crippen LogP contribution in [-0.4, -0.2) is 23.9 Å². The molecule has 1 heterocycles. The van der Waals surface area contributed by atoms with Crippen molar-refractivity contribution in [1.82, 2.24) is 0 Å². The predicted molar refractivity (Wildman–Crippen MR) is 135 cm³/mol. The molecule has 0 radical (unpaired) electrons. The molecule has 4 rings (SSSR count). The van der Waals surface area contributed by atoms with E-state index in [2.05, 4.69) is 6.07 Å². The first-order valence-electron chi connectivity index (χ1n) is 11.6. The molecule has 2 aromatic rings. The zero-order valence-electron chi connectivity index (χ0n) is 19.9. The molecule has 0 spiro atoms. The number of non-ortho nitro benzene ring substituents is 1. The molecule has 186 valence electrons. The van der Waals surface area contributed by atoms with Crippen molar-refractivity contribution >= 4 is 28.8 Å². The Bertz CT molecular complexity index is 1340. The summed E-state index contributed by atoms with van der Waals surface area (Å²) in [7, 11) is 0. The van der Waals surface area contributed by atoms with Gasteiger partial charge in [-0.2, -0.15) is 5.26 Å². The monoisotopic (exact) mass is 508 g/mol. The second-order valence-electron chi connectivity index (χ2n) is 8.27. The first-order valence-corrected chi connectivity index (χ1v) is 12.0. The quantitative estimate of drug-likeness (QED) is 0.391. The third kappa shape index (κ3) is 4.36. The Balaban J connectivity index is 2.01. The van der Waals surface area contributed by atoms with Crippen LogP contribution in [0.15, 0.2) is 59.1 Å². The van der Waals surface area contributed by atoms with Crippen molar-refractivity contribution in [3.8, 4) is 17.6 Å². The number of ketones is 1. The zero-order chi connectivity index (χ0) is 26.0. The highest BCUT2D eigenvalue weighted by molar-refractivity contribution is 6.33. The number of rotatable bonds is 7. The summed E-state index contributed by atoms with van der Waals surface area (Å²) in [6.07, 6.45) is 1.35. The van der Waals surface area contributed by atoms with E-state index in [1.165, 1.54) is 23.1 Å². The van der Waals surface area contributed by atoms with E-state index >= 15 is 0 Å². The SMILES string of the molecule is CCOc1ccc(OCC)c(C2C(C#N)=C(N)N(c3cc([N+](=O)[O-])ccc3Cl)C3=C2C(=O)CCC3)c1. The third-order valence-electron chi connectivity index (χ3n) is 6.20. The molecule has 2 aromatic carbocycles. The summed E-state index contributed by atoms with van der Waals surface area (Å²) in [5, 5.41) is 21.9. The van der Waals surface area contributed by atoms with Gasteiger partial charge in [-0.3, -0.25) is 19.8 Å². The van der Waals surface area contributed by atoms with E-state index in [0.29, 0.717) is 60.8 Å². The predicted octanol–water partition coefficient (Wildman–Crippen LogP) is 5.35. The Morgan fingerprint density at radius 2 is 1.94 bits per heavy atom. The van der Waals surface area contributed by atoms with Crippen molar-refractivity contribution < 1.29 is 19.2 Å². The van der Waals surface area contributed by atoms with Gasteiger partial charge in [0.15, 0.2) is 5.78 Å². The lowest BCUT2D eigenvalue weighted by atomic mass is 9.75. The molecule has 1 unspecified atom stereocenters. The van der Waals surface area contributed by atoms with Crippen LogP contribution in [0.4, 0.5) is 11.4 Å². The van der Waals surface area contributed by atoms with E-state index in [-0.39, 0.29) is 33.6 Å². The Hall–Kier alpha value is -4.03. The fourth-order valence-electron chi connectivity index (χ4n) is 4.75. The minimum atomic E-state index is -0.784. The lowest BCUT2D eigenvalue weighted by Crippen LogP contribution is -2.39. The molecule has 1 atom stereocenters. The average molecular weight is 509 g/mol. The number of nitro benzene ring substituents is 1. The van der Waals surface area contributed by atoms with Crippen LogP contribution in [0.1, 0.15) is 44.6 Å². The number of anilines is 1. The van der Waals surface area contributed by atoms with Crippen LogP contribution in [0, 0.1) is 21.4 Å². The summed E-state index contributed by atoms with van der Waals surface area (Å²) in [5.41, 5.74) is 8.35. The molecular formula is C26H25ClN4O5. The van der Waals surface area contributed by atoms with Crippen LogP contribution in [0.25, 0.3) is 0 Å². The largest absolute Gasteiger partial charge is 0.494 e. The fourth-order valence-corrected chi connectivity index (χ4v) is 4.96. The molecule has 0 saturated carbocycles. The summed E-state index contributed by atoms with van der Waals surface area (Å²) in [4.78, 5) is 25.9. The van der Waals surface area contributed by atoms with Gasteiger partial charge in [-0.1, -0.05) is 11.6 Å².